The van der Waals surface area contributed by atoms with Gasteiger partial charge in [-0.2, -0.15) is 0 Å². The summed E-state index contributed by atoms with van der Waals surface area (Å²) in [6.45, 7) is 1.60. The smallest absolute Gasteiger partial charge is 0.293 e. The SMILES string of the molecule is CC(Nc1ccc(S(C)(=O)=O)cc1[N+](=O)[O-])c1c(F)cccc1Cl. The molecule has 9 heteroatoms. The Morgan fingerprint density at radius 3 is 2.50 bits per heavy atom. The number of halogens is 2. The van der Waals surface area contributed by atoms with Crippen LogP contribution in [0.2, 0.25) is 5.02 Å². The molecule has 128 valence electrons. The predicted octanol–water partition coefficient (Wildman–Crippen LogP) is 3.96. The first-order chi connectivity index (χ1) is 11.1. The first-order valence-electron chi connectivity index (χ1n) is 6.80. The van der Waals surface area contributed by atoms with Crippen LogP contribution in [0.25, 0.3) is 0 Å². The molecule has 0 radical (unpaired) electrons. The van der Waals surface area contributed by atoms with Crippen LogP contribution in [0, 0.1) is 15.9 Å². The summed E-state index contributed by atoms with van der Waals surface area (Å²) < 4.78 is 37.0. The van der Waals surface area contributed by atoms with E-state index in [1.807, 2.05) is 0 Å². The van der Waals surface area contributed by atoms with Crippen LogP contribution in [0.3, 0.4) is 0 Å². The molecule has 0 saturated carbocycles. The number of hydrogen-bond acceptors (Lipinski definition) is 5. The van der Waals surface area contributed by atoms with Crippen molar-refractivity contribution in [3.63, 3.8) is 0 Å². The topological polar surface area (TPSA) is 89.3 Å². The van der Waals surface area contributed by atoms with Crippen LogP contribution in [0.4, 0.5) is 15.8 Å². The lowest BCUT2D eigenvalue weighted by molar-refractivity contribution is -0.384. The highest BCUT2D eigenvalue weighted by molar-refractivity contribution is 7.90. The van der Waals surface area contributed by atoms with Gasteiger partial charge in [0.25, 0.3) is 5.69 Å². The zero-order valence-corrected chi connectivity index (χ0v) is 14.4. The molecular formula is C15H14ClFN2O4S. The quantitative estimate of drug-likeness (QED) is 0.633. The average molecular weight is 373 g/mol. The third kappa shape index (κ3) is 3.82. The lowest BCUT2D eigenvalue weighted by Gasteiger charge is -2.18. The van der Waals surface area contributed by atoms with E-state index in [0.717, 1.165) is 12.3 Å². The van der Waals surface area contributed by atoms with Crippen molar-refractivity contribution in [2.24, 2.45) is 0 Å². The monoisotopic (exact) mass is 372 g/mol. The molecule has 2 rings (SSSR count). The van der Waals surface area contributed by atoms with E-state index in [1.54, 1.807) is 6.92 Å². The zero-order chi connectivity index (χ0) is 18.1. The van der Waals surface area contributed by atoms with Crippen LogP contribution < -0.4 is 5.32 Å². The molecule has 0 aliphatic rings. The number of nitrogens with zero attached hydrogens (tertiary/aromatic N) is 1. The highest BCUT2D eigenvalue weighted by Crippen LogP contribution is 2.33. The van der Waals surface area contributed by atoms with Gasteiger partial charge in [-0.1, -0.05) is 17.7 Å². The summed E-state index contributed by atoms with van der Waals surface area (Å²) >= 11 is 5.98. The number of rotatable bonds is 5. The molecule has 0 aromatic heterocycles. The fourth-order valence-electron chi connectivity index (χ4n) is 2.25. The van der Waals surface area contributed by atoms with Gasteiger partial charge in [-0.05, 0) is 31.2 Å². The molecule has 1 N–H and O–H groups in total. The second-order valence-electron chi connectivity index (χ2n) is 5.21. The molecule has 0 aliphatic heterocycles. The van der Waals surface area contributed by atoms with Gasteiger partial charge >= 0.3 is 0 Å². The maximum atomic E-state index is 13.9. The molecule has 1 unspecified atom stereocenters. The predicted molar refractivity (Wildman–Crippen MR) is 89.7 cm³/mol. The first kappa shape index (κ1) is 18.2. The Kier molecular flexibility index (Phi) is 5.10. The van der Waals surface area contributed by atoms with Crippen LogP contribution in [0.1, 0.15) is 18.5 Å². The third-order valence-electron chi connectivity index (χ3n) is 3.40. The van der Waals surface area contributed by atoms with Crippen molar-refractivity contribution in [3.8, 4) is 0 Å². The number of nitro benzene ring substituents is 1. The van der Waals surface area contributed by atoms with Crippen LogP contribution in [0.15, 0.2) is 41.3 Å². The Morgan fingerprint density at radius 2 is 1.96 bits per heavy atom. The van der Waals surface area contributed by atoms with Gasteiger partial charge in [-0.15, -0.1) is 0 Å². The Morgan fingerprint density at radius 1 is 1.29 bits per heavy atom. The second kappa shape index (κ2) is 6.74. The van der Waals surface area contributed by atoms with E-state index in [-0.39, 0.29) is 21.2 Å². The number of hydrogen-bond donors (Lipinski definition) is 1. The lowest BCUT2D eigenvalue weighted by Crippen LogP contribution is -2.11. The van der Waals surface area contributed by atoms with Crippen LogP contribution in [0.5, 0.6) is 0 Å². The minimum Gasteiger partial charge on any atom is -0.373 e. The number of anilines is 1. The van der Waals surface area contributed by atoms with Crippen molar-refractivity contribution in [2.45, 2.75) is 17.9 Å². The molecule has 0 amide bonds. The maximum Gasteiger partial charge on any atom is 0.293 e. The molecule has 1 atom stereocenters. The van der Waals surface area contributed by atoms with Crippen molar-refractivity contribution in [1.82, 2.24) is 0 Å². The van der Waals surface area contributed by atoms with Crippen molar-refractivity contribution < 1.29 is 17.7 Å². The van der Waals surface area contributed by atoms with Crippen LogP contribution in [-0.2, 0) is 9.84 Å². The van der Waals surface area contributed by atoms with Gasteiger partial charge in [0.05, 0.1) is 15.9 Å². The summed E-state index contributed by atoms with van der Waals surface area (Å²) in [6.07, 6.45) is 0.959. The van der Waals surface area contributed by atoms with Gasteiger partial charge in [0.15, 0.2) is 9.84 Å². The van der Waals surface area contributed by atoms with Gasteiger partial charge in [0.2, 0.25) is 0 Å². The largest absolute Gasteiger partial charge is 0.373 e. The number of sulfone groups is 1. The lowest BCUT2D eigenvalue weighted by atomic mass is 10.1. The number of nitro groups is 1. The molecule has 0 bridgehead atoms. The molecule has 0 spiro atoms. The van der Waals surface area contributed by atoms with E-state index in [4.69, 9.17) is 11.6 Å². The standard InChI is InChI=1S/C15H14ClFN2O4S/c1-9(15-11(16)4-3-5-12(15)17)18-13-7-6-10(24(2,22)23)8-14(13)19(20)21/h3-9,18H,1-2H3. The van der Waals surface area contributed by atoms with Crippen LogP contribution >= 0.6 is 11.6 Å². The molecular weight excluding hydrogens is 359 g/mol. The molecule has 6 nitrogen and oxygen atoms in total. The second-order valence-corrected chi connectivity index (χ2v) is 7.63. The fraction of sp³-hybridized carbons (Fsp3) is 0.200. The van der Waals surface area contributed by atoms with Gasteiger partial charge in [-0.3, -0.25) is 10.1 Å². The van der Waals surface area contributed by atoms with E-state index in [2.05, 4.69) is 5.32 Å². The van der Waals surface area contributed by atoms with Crippen molar-refractivity contribution in [1.29, 1.82) is 0 Å². The van der Waals surface area contributed by atoms with Gasteiger partial charge in [-0.25, -0.2) is 12.8 Å². The van der Waals surface area contributed by atoms with E-state index in [0.29, 0.717) is 0 Å². The summed E-state index contributed by atoms with van der Waals surface area (Å²) in [6, 6.07) is 7.03. The number of benzene rings is 2. The Hall–Kier alpha value is -2.19. The first-order valence-corrected chi connectivity index (χ1v) is 9.07. The Balaban J connectivity index is 2.44. The van der Waals surface area contributed by atoms with E-state index in [1.165, 1.54) is 30.3 Å². The molecule has 0 heterocycles. The summed E-state index contributed by atoms with van der Waals surface area (Å²) in [5.41, 5.74) is -0.183. The van der Waals surface area contributed by atoms with Gasteiger partial charge in [0.1, 0.15) is 11.5 Å². The van der Waals surface area contributed by atoms with E-state index in [9.17, 15) is 22.9 Å². The maximum absolute atomic E-state index is 13.9. The summed E-state index contributed by atoms with van der Waals surface area (Å²) in [5.74, 6) is -0.544. The normalized spacial score (nSPS) is 12.7. The third-order valence-corrected chi connectivity index (χ3v) is 4.84. The summed E-state index contributed by atoms with van der Waals surface area (Å²) in [4.78, 5) is 10.4. The fourth-order valence-corrected chi connectivity index (χ4v) is 3.21. The van der Waals surface area contributed by atoms with Crippen molar-refractivity contribution in [2.75, 3.05) is 11.6 Å². The van der Waals surface area contributed by atoms with Crippen molar-refractivity contribution >= 4 is 32.8 Å². The highest BCUT2D eigenvalue weighted by Gasteiger charge is 2.22. The Bertz CT molecular complexity index is 882. The van der Waals surface area contributed by atoms with E-state index >= 15 is 0 Å². The zero-order valence-electron chi connectivity index (χ0n) is 12.8. The average Bonchev–Trinajstić information content (AvgIpc) is 2.46. The number of nitrogens with one attached hydrogen (secondary N) is 1. The molecule has 2 aromatic carbocycles. The summed E-state index contributed by atoms with van der Waals surface area (Å²) in [5, 5.41) is 14.2. The molecule has 0 fully saturated rings. The molecule has 24 heavy (non-hydrogen) atoms. The minimum absolute atomic E-state index is 0.0687. The molecule has 0 aliphatic carbocycles. The van der Waals surface area contributed by atoms with Crippen LogP contribution in [-0.4, -0.2) is 19.6 Å². The molecule has 0 saturated heterocycles. The summed E-state index contributed by atoms with van der Waals surface area (Å²) in [7, 11) is -3.58. The molecule has 2 aromatic rings. The van der Waals surface area contributed by atoms with E-state index < -0.39 is 32.3 Å². The van der Waals surface area contributed by atoms with Crippen molar-refractivity contribution in [3.05, 3.63) is 62.9 Å². The van der Waals surface area contributed by atoms with Gasteiger partial charge < -0.3 is 5.32 Å². The highest BCUT2D eigenvalue weighted by atomic mass is 35.5. The Labute approximate surface area is 143 Å². The minimum atomic E-state index is -3.58. The van der Waals surface area contributed by atoms with Gasteiger partial charge in [0, 0.05) is 22.9 Å².